The van der Waals surface area contributed by atoms with Crippen molar-refractivity contribution in [3.05, 3.63) is 33.9 Å². The van der Waals surface area contributed by atoms with Crippen LogP contribution in [0.25, 0.3) is 0 Å². The Kier molecular flexibility index (Phi) is 4.00. The van der Waals surface area contributed by atoms with E-state index in [1.807, 2.05) is 11.0 Å². The van der Waals surface area contributed by atoms with E-state index in [-0.39, 0.29) is 16.5 Å². The first-order chi connectivity index (χ1) is 10.6. The highest BCUT2D eigenvalue weighted by Gasteiger charge is 2.36. The van der Waals surface area contributed by atoms with E-state index in [1.165, 1.54) is 0 Å². The predicted molar refractivity (Wildman–Crippen MR) is 83.7 cm³/mol. The van der Waals surface area contributed by atoms with Gasteiger partial charge in [-0.3, -0.25) is 14.9 Å². The van der Waals surface area contributed by atoms with Crippen LogP contribution >= 0.6 is 0 Å². The van der Waals surface area contributed by atoms with E-state index in [9.17, 15) is 14.9 Å². The summed E-state index contributed by atoms with van der Waals surface area (Å²) in [5.41, 5.74) is 1.37. The molecule has 118 valence electrons. The molecule has 6 nitrogen and oxygen atoms in total. The normalized spacial score (nSPS) is 21.0. The first-order valence-electron chi connectivity index (χ1n) is 7.83. The lowest BCUT2D eigenvalue weighted by atomic mass is 10.1. The Hall–Kier alpha value is -2.11. The number of anilines is 1. The second-order valence-electron chi connectivity index (χ2n) is 6.32. The number of nitrogens with one attached hydrogen (secondary N) is 1. The van der Waals surface area contributed by atoms with Gasteiger partial charge in [-0.05, 0) is 38.2 Å². The number of carbonyl (C=O) groups is 1. The summed E-state index contributed by atoms with van der Waals surface area (Å²) in [5.74, 6) is 0.927. The minimum Gasteiger partial charge on any atom is -0.379 e. The van der Waals surface area contributed by atoms with Crippen molar-refractivity contribution in [3.63, 3.8) is 0 Å². The van der Waals surface area contributed by atoms with Crippen LogP contribution in [0.4, 0.5) is 11.4 Å². The zero-order chi connectivity index (χ0) is 15.7. The van der Waals surface area contributed by atoms with Gasteiger partial charge in [-0.1, -0.05) is 12.1 Å². The van der Waals surface area contributed by atoms with Crippen molar-refractivity contribution in [2.75, 3.05) is 25.0 Å². The number of nitro benzene ring substituents is 1. The summed E-state index contributed by atoms with van der Waals surface area (Å²) in [6.45, 7) is 3.99. The molecule has 1 aliphatic heterocycles. The van der Waals surface area contributed by atoms with Gasteiger partial charge >= 0.3 is 0 Å². The second kappa shape index (κ2) is 5.94. The number of rotatable bonds is 5. The molecule has 1 aromatic rings. The van der Waals surface area contributed by atoms with Gasteiger partial charge in [0.25, 0.3) is 5.69 Å². The van der Waals surface area contributed by atoms with Crippen molar-refractivity contribution in [2.24, 2.45) is 11.8 Å². The van der Waals surface area contributed by atoms with Crippen LogP contribution in [0.5, 0.6) is 0 Å². The molecule has 2 aliphatic rings. The average molecular weight is 303 g/mol. The van der Waals surface area contributed by atoms with Crippen LogP contribution in [0.3, 0.4) is 0 Å². The highest BCUT2D eigenvalue weighted by Crippen LogP contribution is 2.33. The third-order valence-corrected chi connectivity index (χ3v) is 4.53. The maximum Gasteiger partial charge on any atom is 0.295 e. The minimum absolute atomic E-state index is 0.145. The summed E-state index contributed by atoms with van der Waals surface area (Å²) in [4.78, 5) is 24.8. The van der Waals surface area contributed by atoms with Crippen LogP contribution in [0.15, 0.2) is 18.2 Å². The number of nitro groups is 1. The number of hydrogen-bond donors (Lipinski definition) is 1. The highest BCUT2D eigenvalue weighted by molar-refractivity contribution is 5.81. The van der Waals surface area contributed by atoms with Gasteiger partial charge in [0.1, 0.15) is 5.69 Å². The molecule has 1 atom stereocenters. The standard InChI is InChI=1S/C16H21N3O3/c1-11-3-2-4-14(15(11)19(21)22)17-9-12-7-8-18(10-12)16(20)13-5-6-13/h2-4,12-13,17H,5-10H2,1H3. The molecule has 0 radical (unpaired) electrons. The predicted octanol–water partition coefficient (Wildman–Crippen LogP) is 2.57. The summed E-state index contributed by atoms with van der Waals surface area (Å²) in [5, 5.41) is 14.4. The van der Waals surface area contributed by atoms with E-state index >= 15 is 0 Å². The van der Waals surface area contributed by atoms with E-state index in [2.05, 4.69) is 5.32 Å². The molecule has 1 aliphatic carbocycles. The monoisotopic (exact) mass is 303 g/mol. The largest absolute Gasteiger partial charge is 0.379 e. The molecule has 2 fully saturated rings. The Bertz CT molecular complexity index is 598. The van der Waals surface area contributed by atoms with E-state index < -0.39 is 0 Å². The molecule has 0 bridgehead atoms. The molecule has 1 amide bonds. The van der Waals surface area contributed by atoms with E-state index in [0.29, 0.717) is 29.6 Å². The molecular formula is C16H21N3O3. The number of benzene rings is 1. The quantitative estimate of drug-likeness (QED) is 0.670. The number of carbonyl (C=O) groups excluding carboxylic acids is 1. The molecular weight excluding hydrogens is 282 g/mol. The maximum absolute atomic E-state index is 12.0. The number of nitrogens with zero attached hydrogens (tertiary/aromatic N) is 2. The molecule has 3 rings (SSSR count). The average Bonchev–Trinajstić information content (AvgIpc) is 3.22. The third kappa shape index (κ3) is 3.05. The van der Waals surface area contributed by atoms with E-state index in [1.54, 1.807) is 19.1 Å². The summed E-state index contributed by atoms with van der Waals surface area (Å²) in [6, 6.07) is 5.31. The lowest BCUT2D eigenvalue weighted by Gasteiger charge is -2.17. The second-order valence-corrected chi connectivity index (χ2v) is 6.32. The van der Waals surface area contributed by atoms with E-state index in [0.717, 1.165) is 32.4 Å². The Labute approximate surface area is 129 Å². The number of likely N-dealkylation sites (tertiary alicyclic amines) is 1. The molecule has 0 aromatic heterocycles. The summed E-state index contributed by atoms with van der Waals surface area (Å²) in [7, 11) is 0. The van der Waals surface area contributed by atoms with Gasteiger partial charge in [-0.25, -0.2) is 0 Å². The Morgan fingerprint density at radius 3 is 2.86 bits per heavy atom. The number of amides is 1. The number of para-hydroxylation sites is 1. The Morgan fingerprint density at radius 1 is 1.41 bits per heavy atom. The summed E-state index contributed by atoms with van der Waals surface area (Å²) in [6.07, 6.45) is 3.03. The van der Waals surface area contributed by atoms with E-state index in [4.69, 9.17) is 0 Å². The topological polar surface area (TPSA) is 75.5 Å². The summed E-state index contributed by atoms with van der Waals surface area (Å²) >= 11 is 0. The van der Waals surface area contributed by atoms with Crippen molar-refractivity contribution in [2.45, 2.75) is 26.2 Å². The highest BCUT2D eigenvalue weighted by atomic mass is 16.6. The molecule has 1 unspecified atom stereocenters. The lowest BCUT2D eigenvalue weighted by Crippen LogP contribution is -2.30. The smallest absolute Gasteiger partial charge is 0.295 e. The SMILES string of the molecule is Cc1cccc(NCC2CCN(C(=O)C3CC3)C2)c1[N+](=O)[O-]. The van der Waals surface area contributed by atoms with Gasteiger partial charge in [0.2, 0.25) is 5.91 Å². The fourth-order valence-electron chi connectivity index (χ4n) is 3.09. The van der Waals surface area contributed by atoms with Crippen molar-refractivity contribution >= 4 is 17.3 Å². The van der Waals surface area contributed by atoms with Gasteiger partial charge in [-0.15, -0.1) is 0 Å². The van der Waals surface area contributed by atoms with Gasteiger partial charge in [0, 0.05) is 31.1 Å². The molecule has 6 heteroatoms. The lowest BCUT2D eigenvalue weighted by molar-refractivity contribution is -0.384. The fourth-order valence-corrected chi connectivity index (χ4v) is 3.09. The molecule has 22 heavy (non-hydrogen) atoms. The van der Waals surface area contributed by atoms with Crippen LogP contribution in [0, 0.1) is 28.9 Å². The van der Waals surface area contributed by atoms with Crippen molar-refractivity contribution in [3.8, 4) is 0 Å². The molecule has 1 aromatic carbocycles. The number of hydrogen-bond acceptors (Lipinski definition) is 4. The molecule has 1 saturated carbocycles. The third-order valence-electron chi connectivity index (χ3n) is 4.53. The first kappa shape index (κ1) is 14.8. The molecule has 1 saturated heterocycles. The number of aryl methyl sites for hydroxylation is 1. The Balaban J connectivity index is 1.58. The minimum atomic E-state index is -0.338. The van der Waals surface area contributed by atoms with Crippen molar-refractivity contribution < 1.29 is 9.72 Å². The maximum atomic E-state index is 12.0. The Morgan fingerprint density at radius 2 is 2.18 bits per heavy atom. The van der Waals surface area contributed by atoms with Gasteiger partial charge in [-0.2, -0.15) is 0 Å². The zero-order valence-electron chi connectivity index (χ0n) is 12.7. The van der Waals surface area contributed by atoms with Gasteiger partial charge in [0.05, 0.1) is 4.92 Å². The van der Waals surface area contributed by atoms with Crippen LogP contribution < -0.4 is 5.32 Å². The molecule has 1 heterocycles. The van der Waals surface area contributed by atoms with Gasteiger partial charge in [0.15, 0.2) is 0 Å². The van der Waals surface area contributed by atoms with Crippen LogP contribution in [-0.4, -0.2) is 35.4 Å². The van der Waals surface area contributed by atoms with Crippen molar-refractivity contribution in [1.82, 2.24) is 4.90 Å². The van der Waals surface area contributed by atoms with Crippen LogP contribution in [0.1, 0.15) is 24.8 Å². The summed E-state index contributed by atoms with van der Waals surface area (Å²) < 4.78 is 0. The molecule has 0 spiro atoms. The molecule has 1 N–H and O–H groups in total. The first-order valence-corrected chi connectivity index (χ1v) is 7.83. The van der Waals surface area contributed by atoms with Crippen molar-refractivity contribution in [1.29, 1.82) is 0 Å². The fraction of sp³-hybridized carbons (Fsp3) is 0.562. The van der Waals surface area contributed by atoms with Gasteiger partial charge < -0.3 is 10.2 Å². The van der Waals surface area contributed by atoms with Crippen LogP contribution in [0.2, 0.25) is 0 Å². The van der Waals surface area contributed by atoms with Crippen LogP contribution in [-0.2, 0) is 4.79 Å². The zero-order valence-corrected chi connectivity index (χ0v) is 12.7.